The van der Waals surface area contributed by atoms with Crippen molar-refractivity contribution in [3.05, 3.63) is 24.3 Å². The van der Waals surface area contributed by atoms with Crippen LogP contribution in [0.3, 0.4) is 0 Å². The van der Waals surface area contributed by atoms with Crippen LogP contribution in [0.15, 0.2) is 24.3 Å². The first-order valence-electron chi connectivity index (χ1n) is 6.09. The van der Waals surface area contributed by atoms with Gasteiger partial charge in [-0.15, -0.1) is 0 Å². The van der Waals surface area contributed by atoms with Crippen molar-refractivity contribution in [2.24, 2.45) is 11.1 Å². The Hall–Kier alpha value is -1.62. The largest absolute Gasteiger partial charge is 0.497 e. The monoisotopic (exact) mass is 280 g/mol. The summed E-state index contributed by atoms with van der Waals surface area (Å²) in [6, 6.07) is 7.27. The van der Waals surface area contributed by atoms with Crippen LogP contribution in [0, 0.1) is 5.41 Å². The third-order valence-corrected chi connectivity index (χ3v) is 3.94. The Morgan fingerprint density at radius 2 is 1.95 bits per heavy atom. The molecule has 0 bridgehead atoms. The number of ether oxygens (including phenoxy) is 1. The molecule has 1 aromatic rings. The van der Waals surface area contributed by atoms with Crippen molar-refractivity contribution in [2.45, 2.75) is 20.3 Å². The van der Waals surface area contributed by atoms with Gasteiger partial charge in [0.2, 0.25) is 5.91 Å². The molecule has 1 amide bonds. The third kappa shape index (κ3) is 3.04. The molecule has 1 atom stereocenters. The number of benzene rings is 1. The second kappa shape index (κ2) is 6.02. The van der Waals surface area contributed by atoms with Crippen molar-refractivity contribution in [3.8, 4) is 5.75 Å². The molecule has 104 valence electrons. The lowest BCUT2D eigenvalue weighted by Gasteiger charge is -2.31. The Morgan fingerprint density at radius 1 is 1.42 bits per heavy atom. The SMILES string of the molecule is CCC(C)(C(=O)N(C)c1ccc(OC)cc1)C(N)=S. The van der Waals surface area contributed by atoms with Crippen LogP contribution in [0.2, 0.25) is 0 Å². The maximum absolute atomic E-state index is 12.5. The molecular weight excluding hydrogens is 260 g/mol. The highest BCUT2D eigenvalue weighted by Gasteiger charge is 2.37. The lowest BCUT2D eigenvalue weighted by Crippen LogP contribution is -2.47. The van der Waals surface area contributed by atoms with E-state index in [2.05, 4.69) is 0 Å². The maximum atomic E-state index is 12.5. The number of thiocarbonyl (C=S) groups is 1. The molecule has 1 unspecified atom stereocenters. The second-order valence-corrected chi connectivity index (χ2v) is 5.05. The Labute approximate surface area is 119 Å². The number of nitrogens with zero attached hydrogens (tertiary/aromatic N) is 1. The van der Waals surface area contributed by atoms with Crippen LogP contribution in [-0.4, -0.2) is 25.1 Å². The van der Waals surface area contributed by atoms with Crippen molar-refractivity contribution in [2.75, 3.05) is 19.1 Å². The zero-order chi connectivity index (χ0) is 14.6. The highest BCUT2D eigenvalue weighted by atomic mass is 32.1. The van der Waals surface area contributed by atoms with Crippen LogP contribution < -0.4 is 15.4 Å². The van der Waals surface area contributed by atoms with E-state index in [0.717, 1.165) is 11.4 Å². The molecule has 2 N–H and O–H groups in total. The number of hydrogen-bond donors (Lipinski definition) is 1. The van der Waals surface area contributed by atoms with Gasteiger partial charge in [0.05, 0.1) is 17.5 Å². The van der Waals surface area contributed by atoms with Crippen LogP contribution >= 0.6 is 12.2 Å². The van der Waals surface area contributed by atoms with Crippen molar-refractivity contribution >= 4 is 28.8 Å². The average Bonchev–Trinajstić information content (AvgIpc) is 2.44. The lowest BCUT2D eigenvalue weighted by molar-refractivity contribution is -0.124. The van der Waals surface area contributed by atoms with E-state index < -0.39 is 5.41 Å². The summed E-state index contributed by atoms with van der Waals surface area (Å²) >= 11 is 5.02. The highest BCUT2D eigenvalue weighted by molar-refractivity contribution is 7.80. The summed E-state index contributed by atoms with van der Waals surface area (Å²) in [5.74, 6) is 0.643. The van der Waals surface area contributed by atoms with E-state index in [1.54, 1.807) is 26.0 Å². The number of carbonyl (C=O) groups excluding carboxylic acids is 1. The van der Waals surface area contributed by atoms with Gasteiger partial charge in [0.1, 0.15) is 5.75 Å². The van der Waals surface area contributed by atoms with Gasteiger partial charge in [-0.3, -0.25) is 4.79 Å². The summed E-state index contributed by atoms with van der Waals surface area (Å²) in [6.07, 6.45) is 0.571. The molecule has 0 aromatic heterocycles. The summed E-state index contributed by atoms with van der Waals surface area (Å²) in [5, 5.41) is 0. The summed E-state index contributed by atoms with van der Waals surface area (Å²) < 4.78 is 5.09. The Kier molecular flexibility index (Phi) is 4.89. The molecular formula is C14H20N2O2S. The van der Waals surface area contributed by atoms with Gasteiger partial charge in [0.25, 0.3) is 0 Å². The smallest absolute Gasteiger partial charge is 0.239 e. The fourth-order valence-electron chi connectivity index (χ4n) is 1.72. The standard InChI is InChI=1S/C14H20N2O2S/c1-5-14(2,12(15)19)13(17)16(3)10-6-8-11(18-4)9-7-10/h6-9H,5H2,1-4H3,(H2,15,19). The molecule has 0 radical (unpaired) electrons. The normalized spacial score (nSPS) is 13.5. The number of rotatable bonds is 5. The van der Waals surface area contributed by atoms with Gasteiger partial charge in [-0.1, -0.05) is 19.1 Å². The molecule has 0 aliphatic heterocycles. The molecule has 1 rings (SSSR count). The summed E-state index contributed by atoms with van der Waals surface area (Å²) in [4.78, 5) is 14.3. The van der Waals surface area contributed by atoms with Crippen LogP contribution in [0.4, 0.5) is 5.69 Å². The lowest BCUT2D eigenvalue weighted by atomic mass is 9.86. The van der Waals surface area contributed by atoms with E-state index in [9.17, 15) is 4.79 Å². The molecule has 0 aliphatic rings. The van der Waals surface area contributed by atoms with Crippen LogP contribution in [0.1, 0.15) is 20.3 Å². The van der Waals surface area contributed by atoms with Crippen molar-refractivity contribution in [1.29, 1.82) is 0 Å². The van der Waals surface area contributed by atoms with Crippen LogP contribution in [-0.2, 0) is 4.79 Å². The first kappa shape index (κ1) is 15.4. The van der Waals surface area contributed by atoms with E-state index in [-0.39, 0.29) is 10.9 Å². The number of amides is 1. The number of carbonyl (C=O) groups is 1. The third-order valence-electron chi connectivity index (χ3n) is 3.49. The van der Waals surface area contributed by atoms with Gasteiger partial charge in [-0.25, -0.2) is 0 Å². The fourth-order valence-corrected chi connectivity index (χ4v) is 1.96. The minimum atomic E-state index is -0.815. The number of methoxy groups -OCH3 is 1. The Balaban J connectivity index is 3.01. The van der Waals surface area contributed by atoms with E-state index in [1.165, 1.54) is 0 Å². The van der Waals surface area contributed by atoms with Gasteiger partial charge in [0, 0.05) is 12.7 Å². The van der Waals surface area contributed by atoms with Crippen molar-refractivity contribution in [1.82, 2.24) is 0 Å². The fraction of sp³-hybridized carbons (Fsp3) is 0.429. The number of anilines is 1. The van der Waals surface area contributed by atoms with Crippen LogP contribution in [0.5, 0.6) is 5.75 Å². The van der Waals surface area contributed by atoms with E-state index in [1.807, 2.05) is 31.2 Å². The van der Waals surface area contributed by atoms with Gasteiger partial charge in [0.15, 0.2) is 0 Å². The predicted molar refractivity (Wildman–Crippen MR) is 81.6 cm³/mol. The molecule has 5 heteroatoms. The summed E-state index contributed by atoms with van der Waals surface area (Å²) in [6.45, 7) is 3.68. The minimum Gasteiger partial charge on any atom is -0.497 e. The van der Waals surface area contributed by atoms with E-state index >= 15 is 0 Å². The Bertz CT molecular complexity index is 473. The predicted octanol–water partition coefficient (Wildman–Crippen LogP) is 2.36. The van der Waals surface area contributed by atoms with Crippen molar-refractivity contribution < 1.29 is 9.53 Å². The maximum Gasteiger partial charge on any atom is 0.239 e. The summed E-state index contributed by atoms with van der Waals surface area (Å²) in [5.41, 5.74) is 5.67. The highest BCUT2D eigenvalue weighted by Crippen LogP contribution is 2.27. The van der Waals surface area contributed by atoms with Gasteiger partial charge in [-0.2, -0.15) is 0 Å². The quantitative estimate of drug-likeness (QED) is 0.841. The molecule has 19 heavy (non-hydrogen) atoms. The molecule has 0 saturated carbocycles. The van der Waals surface area contributed by atoms with Gasteiger partial charge in [-0.05, 0) is 37.6 Å². The van der Waals surface area contributed by atoms with Gasteiger partial charge >= 0.3 is 0 Å². The molecule has 0 spiro atoms. The molecule has 4 nitrogen and oxygen atoms in total. The number of nitrogens with two attached hydrogens (primary N) is 1. The first-order chi connectivity index (χ1) is 8.86. The van der Waals surface area contributed by atoms with E-state index in [0.29, 0.717) is 6.42 Å². The minimum absolute atomic E-state index is 0.104. The van der Waals surface area contributed by atoms with Gasteiger partial charge < -0.3 is 15.4 Å². The number of hydrogen-bond acceptors (Lipinski definition) is 3. The first-order valence-corrected chi connectivity index (χ1v) is 6.49. The Morgan fingerprint density at radius 3 is 2.32 bits per heavy atom. The molecule has 1 aromatic carbocycles. The van der Waals surface area contributed by atoms with Crippen LogP contribution in [0.25, 0.3) is 0 Å². The van der Waals surface area contributed by atoms with E-state index in [4.69, 9.17) is 22.7 Å². The molecule has 0 heterocycles. The zero-order valence-electron chi connectivity index (χ0n) is 11.8. The second-order valence-electron chi connectivity index (χ2n) is 4.61. The molecule has 0 saturated heterocycles. The average molecular weight is 280 g/mol. The zero-order valence-corrected chi connectivity index (χ0v) is 12.6. The van der Waals surface area contributed by atoms with Crippen molar-refractivity contribution in [3.63, 3.8) is 0 Å². The topological polar surface area (TPSA) is 55.6 Å². The molecule has 0 fully saturated rings. The summed E-state index contributed by atoms with van der Waals surface area (Å²) in [7, 11) is 3.32. The molecule has 0 aliphatic carbocycles.